The maximum atomic E-state index is 12.7. The maximum absolute atomic E-state index is 12.7. The number of hydrazine groups is 1. The van der Waals surface area contributed by atoms with Gasteiger partial charge in [-0.25, -0.2) is 11.0 Å². The van der Waals surface area contributed by atoms with Crippen LogP contribution in [0.25, 0.3) is 0 Å². The first kappa shape index (κ1) is 20.0. The monoisotopic (exact) mass is 395 g/mol. The van der Waals surface area contributed by atoms with Crippen molar-refractivity contribution in [3.05, 3.63) is 59.7 Å². The number of rotatable bonds is 5. The van der Waals surface area contributed by atoms with Crippen molar-refractivity contribution in [2.24, 2.45) is 16.7 Å². The second-order valence-electron chi connectivity index (χ2n) is 6.48. The number of nitrogens with zero attached hydrogens (tertiary/aromatic N) is 2. The third-order valence-corrected chi connectivity index (χ3v) is 4.43. The third kappa shape index (κ3) is 4.93. The molecule has 3 rings (SSSR count). The predicted octanol–water partition coefficient (Wildman–Crippen LogP) is 3.67. The van der Waals surface area contributed by atoms with Crippen molar-refractivity contribution in [2.45, 2.75) is 25.1 Å². The highest BCUT2D eigenvalue weighted by Gasteiger charge is 2.30. The Hall–Kier alpha value is -2.78. The highest BCUT2D eigenvalue weighted by molar-refractivity contribution is 6.02. The van der Waals surface area contributed by atoms with E-state index in [4.69, 9.17) is 16.3 Å². The average Bonchev–Trinajstić information content (AvgIpc) is 2.68. The highest BCUT2D eigenvalue weighted by atomic mass is 19.4. The summed E-state index contributed by atoms with van der Waals surface area (Å²) < 4.78 is 43.5. The molecule has 1 aliphatic heterocycles. The van der Waals surface area contributed by atoms with Crippen LogP contribution in [-0.2, 0) is 10.9 Å². The number of amidine groups is 1. The minimum atomic E-state index is -4.37. The van der Waals surface area contributed by atoms with E-state index < -0.39 is 11.7 Å². The molecule has 28 heavy (non-hydrogen) atoms. The van der Waals surface area contributed by atoms with Crippen LogP contribution >= 0.6 is 0 Å². The first-order chi connectivity index (χ1) is 13.3. The third-order valence-electron chi connectivity index (χ3n) is 4.43. The summed E-state index contributed by atoms with van der Waals surface area (Å²) >= 11 is 0. The number of alkyl halides is 3. The van der Waals surface area contributed by atoms with Crippen molar-refractivity contribution in [1.82, 2.24) is 5.12 Å². The fourth-order valence-corrected chi connectivity index (χ4v) is 2.91. The Labute approximate surface area is 162 Å². The molecule has 1 saturated heterocycles. The lowest BCUT2D eigenvalue weighted by Crippen LogP contribution is -2.43. The summed E-state index contributed by atoms with van der Waals surface area (Å²) in [4.78, 5) is 0. The number of hydrazone groups is 1. The largest absolute Gasteiger partial charge is 0.416 e. The molecule has 5 N–H and O–H groups in total. The molecular formula is C19H24F3N5O. The van der Waals surface area contributed by atoms with E-state index in [2.05, 4.69) is 10.4 Å². The summed E-state index contributed by atoms with van der Waals surface area (Å²) in [6.45, 7) is 1.20. The summed E-state index contributed by atoms with van der Waals surface area (Å²) in [6.07, 6.45) is -2.61. The lowest BCUT2D eigenvalue weighted by molar-refractivity contribution is -0.137. The normalized spacial score (nSPS) is 18.0. The Morgan fingerprint density at radius 2 is 1.89 bits per heavy atom. The van der Waals surface area contributed by atoms with Gasteiger partial charge in [-0.05, 0) is 49.2 Å². The van der Waals surface area contributed by atoms with Crippen molar-refractivity contribution >= 4 is 17.2 Å². The molecule has 2 aromatic carbocycles. The van der Waals surface area contributed by atoms with E-state index in [0.29, 0.717) is 30.2 Å². The van der Waals surface area contributed by atoms with E-state index in [1.807, 2.05) is 0 Å². The van der Waals surface area contributed by atoms with Crippen LogP contribution < -0.4 is 16.9 Å². The number of ether oxygens (including phenoxy) is 1. The Balaban J connectivity index is 0.00000300. The van der Waals surface area contributed by atoms with E-state index in [-0.39, 0.29) is 13.3 Å². The van der Waals surface area contributed by atoms with Crippen LogP contribution in [0.3, 0.4) is 0 Å². The van der Waals surface area contributed by atoms with E-state index >= 15 is 0 Å². The van der Waals surface area contributed by atoms with E-state index in [1.165, 1.54) is 17.3 Å². The second kappa shape index (κ2) is 8.49. The van der Waals surface area contributed by atoms with Gasteiger partial charge in [0.05, 0.1) is 18.2 Å². The Kier molecular flexibility index (Phi) is 6.05. The summed E-state index contributed by atoms with van der Waals surface area (Å²) in [5, 5.41) is 8.64. The molecule has 1 aliphatic rings. The Morgan fingerprint density at radius 1 is 1.18 bits per heavy atom. The SMILES string of the molecule is N/C(=N\N(N)C1CCCOC1)c1ccccc1Nc1ccc(C(F)(F)F)cc1.[HH]. The second-order valence-corrected chi connectivity index (χ2v) is 6.48. The zero-order valence-corrected chi connectivity index (χ0v) is 15.1. The molecule has 1 fully saturated rings. The van der Waals surface area contributed by atoms with Crippen LogP contribution in [0.2, 0.25) is 0 Å². The average molecular weight is 395 g/mol. The van der Waals surface area contributed by atoms with Crippen LogP contribution in [0.15, 0.2) is 53.6 Å². The minimum absolute atomic E-state index is 0. The number of benzene rings is 2. The van der Waals surface area contributed by atoms with Crippen LogP contribution in [-0.4, -0.2) is 30.2 Å². The van der Waals surface area contributed by atoms with Gasteiger partial charge in [0.1, 0.15) is 0 Å². The van der Waals surface area contributed by atoms with Gasteiger partial charge < -0.3 is 15.8 Å². The van der Waals surface area contributed by atoms with Gasteiger partial charge in [-0.3, -0.25) is 0 Å². The molecule has 0 spiro atoms. The van der Waals surface area contributed by atoms with Crippen LogP contribution in [0.5, 0.6) is 0 Å². The number of nitrogens with one attached hydrogen (secondary N) is 1. The van der Waals surface area contributed by atoms with Gasteiger partial charge >= 0.3 is 6.18 Å². The van der Waals surface area contributed by atoms with Gasteiger partial charge in [0.25, 0.3) is 0 Å². The summed E-state index contributed by atoms with van der Waals surface area (Å²) in [7, 11) is 0. The highest BCUT2D eigenvalue weighted by Crippen LogP contribution is 2.30. The van der Waals surface area contributed by atoms with Crippen LogP contribution in [0.4, 0.5) is 24.5 Å². The molecule has 0 bridgehead atoms. The topological polar surface area (TPSA) is 88.9 Å². The molecule has 2 aromatic rings. The number of hydrogen-bond acceptors (Lipinski definition) is 5. The predicted molar refractivity (Wildman–Crippen MR) is 104 cm³/mol. The van der Waals surface area contributed by atoms with Crippen molar-refractivity contribution < 1.29 is 19.3 Å². The molecule has 0 amide bonds. The van der Waals surface area contributed by atoms with Crippen LogP contribution in [0, 0.1) is 0 Å². The molecule has 1 unspecified atom stereocenters. The van der Waals surface area contributed by atoms with Gasteiger partial charge in [0, 0.05) is 25.0 Å². The zero-order chi connectivity index (χ0) is 20.1. The first-order valence-electron chi connectivity index (χ1n) is 8.84. The molecule has 1 atom stereocenters. The Morgan fingerprint density at radius 3 is 2.54 bits per heavy atom. The van der Waals surface area contributed by atoms with Crippen LogP contribution in [0.1, 0.15) is 25.4 Å². The number of halogens is 3. The van der Waals surface area contributed by atoms with Crippen molar-refractivity contribution in [3.8, 4) is 0 Å². The fourth-order valence-electron chi connectivity index (χ4n) is 2.91. The molecule has 6 nitrogen and oxygen atoms in total. The molecule has 1 heterocycles. The fraction of sp³-hybridized carbons (Fsp3) is 0.316. The lowest BCUT2D eigenvalue weighted by atomic mass is 10.1. The van der Waals surface area contributed by atoms with Crippen molar-refractivity contribution in [3.63, 3.8) is 0 Å². The molecule has 0 saturated carbocycles. The quantitative estimate of drug-likeness (QED) is 0.311. The number of nitrogens with two attached hydrogens (primary N) is 2. The first-order valence-corrected chi connectivity index (χ1v) is 8.84. The Bertz CT molecular complexity index is 823. The van der Waals surface area contributed by atoms with Crippen molar-refractivity contribution in [1.29, 1.82) is 0 Å². The van der Waals surface area contributed by atoms with E-state index in [0.717, 1.165) is 25.0 Å². The van der Waals surface area contributed by atoms with E-state index in [9.17, 15) is 13.2 Å². The smallest absolute Gasteiger partial charge is 0.382 e. The van der Waals surface area contributed by atoms with Gasteiger partial charge in [-0.1, -0.05) is 12.1 Å². The van der Waals surface area contributed by atoms with E-state index in [1.54, 1.807) is 24.3 Å². The minimum Gasteiger partial charge on any atom is -0.382 e. The summed E-state index contributed by atoms with van der Waals surface area (Å²) in [6, 6.07) is 11.8. The number of anilines is 2. The molecule has 9 heteroatoms. The number of hydrogen-bond donors (Lipinski definition) is 3. The maximum Gasteiger partial charge on any atom is 0.416 e. The molecule has 0 aliphatic carbocycles. The van der Waals surface area contributed by atoms with Gasteiger partial charge in [-0.2, -0.15) is 13.2 Å². The molecule has 0 aromatic heterocycles. The van der Waals surface area contributed by atoms with Gasteiger partial charge in [0.2, 0.25) is 0 Å². The number of para-hydroxylation sites is 1. The van der Waals surface area contributed by atoms with Gasteiger partial charge in [-0.15, -0.1) is 5.10 Å². The van der Waals surface area contributed by atoms with Crippen molar-refractivity contribution in [2.75, 3.05) is 18.5 Å². The molecule has 152 valence electrons. The van der Waals surface area contributed by atoms with Gasteiger partial charge in [0.15, 0.2) is 5.84 Å². The summed E-state index contributed by atoms with van der Waals surface area (Å²) in [5.74, 6) is 6.20. The molecular weight excluding hydrogens is 371 g/mol. The summed E-state index contributed by atoms with van der Waals surface area (Å²) in [5.41, 5.74) is 7.13. The standard InChI is InChI=1S/C19H22F3N5O.H2/c20-19(21,22)13-7-9-14(10-8-13)25-17-6-2-1-5-16(17)18(23)26-27(24)15-4-3-11-28-12-15;/h1-2,5-10,15,25H,3-4,11-12,24H2,(H2,23,26);1H. The zero-order valence-electron chi connectivity index (χ0n) is 15.1. The lowest BCUT2D eigenvalue weighted by Gasteiger charge is -2.28. The molecule has 0 radical (unpaired) electrons.